The minimum atomic E-state index is -1.85. The van der Waals surface area contributed by atoms with Gasteiger partial charge in [0.25, 0.3) is 0 Å². The van der Waals surface area contributed by atoms with Crippen molar-refractivity contribution in [1.29, 1.82) is 0 Å². The Balaban J connectivity index is 2.38. The lowest BCUT2D eigenvalue weighted by molar-refractivity contribution is -0.175. The number of aliphatic hydroxyl groups is 1. The van der Waals surface area contributed by atoms with E-state index in [0.717, 1.165) is 0 Å². The second kappa shape index (κ2) is 5.05. The molecule has 5 nitrogen and oxygen atoms in total. The number of ketones is 2. The maximum absolute atomic E-state index is 12.8. The fraction of sp³-hybridized carbons (Fsp3) is 0.688. The number of fused-ring (bicyclic) bond motifs is 1. The summed E-state index contributed by atoms with van der Waals surface area (Å²) in [5, 5.41) is 10.4. The second-order valence-corrected chi connectivity index (χ2v) is 6.61. The van der Waals surface area contributed by atoms with E-state index in [2.05, 4.69) is 4.74 Å². The number of allylic oxidation sites excluding steroid dienone is 2. The molecular formula is C16H22O5. The standard InChI is InChI=1S/C16H22O5/c1-9-5-6-11(17)15(2)8-7-10(13(18)12(9)15)16(3,20)14(19)21-4/h5-6,9-10,12,20H,7-8H2,1-4H3/t9-,10+,12-,15+,16-/m1/s1. The molecule has 1 fully saturated rings. The Labute approximate surface area is 124 Å². The molecule has 0 aromatic rings. The van der Waals surface area contributed by atoms with Crippen molar-refractivity contribution >= 4 is 17.5 Å². The van der Waals surface area contributed by atoms with Crippen LogP contribution in [0.1, 0.15) is 33.6 Å². The molecule has 0 aromatic heterocycles. The second-order valence-electron chi connectivity index (χ2n) is 6.61. The third kappa shape index (κ3) is 2.24. The van der Waals surface area contributed by atoms with Crippen LogP contribution >= 0.6 is 0 Å². The van der Waals surface area contributed by atoms with Crippen molar-refractivity contribution in [1.82, 2.24) is 0 Å². The lowest BCUT2D eigenvalue weighted by Gasteiger charge is -2.47. The topological polar surface area (TPSA) is 80.7 Å². The zero-order valence-corrected chi connectivity index (χ0v) is 12.9. The molecule has 0 saturated heterocycles. The summed E-state index contributed by atoms with van der Waals surface area (Å²) in [6.45, 7) is 5.01. The van der Waals surface area contributed by atoms with Crippen molar-refractivity contribution in [3.05, 3.63) is 12.2 Å². The first-order valence-corrected chi connectivity index (χ1v) is 7.23. The number of hydrogen-bond donors (Lipinski definition) is 1. The number of hydrogen-bond acceptors (Lipinski definition) is 5. The van der Waals surface area contributed by atoms with Gasteiger partial charge in [-0.15, -0.1) is 0 Å². The molecule has 21 heavy (non-hydrogen) atoms. The molecule has 0 radical (unpaired) electrons. The SMILES string of the molecule is COC(=O)[C@](C)(O)[C@H]1CC[C@@]2(C)C(=O)C=C[C@@H](C)[C@@H]2C1=O. The molecular weight excluding hydrogens is 272 g/mol. The van der Waals surface area contributed by atoms with Gasteiger partial charge in [0.1, 0.15) is 5.78 Å². The summed E-state index contributed by atoms with van der Waals surface area (Å²) in [5.41, 5.74) is -2.58. The predicted octanol–water partition coefficient (Wildman–Crippen LogP) is 1.29. The van der Waals surface area contributed by atoms with Gasteiger partial charge in [0, 0.05) is 11.3 Å². The molecule has 5 atom stereocenters. The molecule has 0 aliphatic heterocycles. The van der Waals surface area contributed by atoms with E-state index in [-0.39, 0.29) is 17.5 Å². The van der Waals surface area contributed by atoms with E-state index in [1.807, 2.05) is 6.92 Å². The smallest absolute Gasteiger partial charge is 0.338 e. The number of carbonyl (C=O) groups is 3. The summed E-state index contributed by atoms with van der Waals surface area (Å²) >= 11 is 0. The number of esters is 1. The molecule has 1 N–H and O–H groups in total. The predicted molar refractivity (Wildman–Crippen MR) is 75.3 cm³/mol. The highest BCUT2D eigenvalue weighted by Gasteiger charge is 2.57. The van der Waals surface area contributed by atoms with Crippen LogP contribution in [-0.2, 0) is 19.1 Å². The summed E-state index contributed by atoms with van der Waals surface area (Å²) in [6, 6.07) is 0. The number of rotatable bonds is 2. The number of carbonyl (C=O) groups excluding carboxylic acids is 3. The molecule has 2 aliphatic carbocycles. The molecule has 116 valence electrons. The highest BCUT2D eigenvalue weighted by molar-refractivity contribution is 6.03. The first-order chi connectivity index (χ1) is 9.66. The van der Waals surface area contributed by atoms with Crippen molar-refractivity contribution in [2.45, 2.75) is 39.2 Å². The minimum absolute atomic E-state index is 0.0462. The van der Waals surface area contributed by atoms with E-state index in [0.29, 0.717) is 12.8 Å². The maximum Gasteiger partial charge on any atom is 0.338 e. The van der Waals surface area contributed by atoms with Crippen LogP contribution in [0.25, 0.3) is 0 Å². The fourth-order valence-electron chi connectivity index (χ4n) is 3.84. The van der Waals surface area contributed by atoms with E-state index < -0.39 is 28.8 Å². The van der Waals surface area contributed by atoms with Crippen molar-refractivity contribution < 1.29 is 24.2 Å². The quantitative estimate of drug-likeness (QED) is 0.776. The van der Waals surface area contributed by atoms with E-state index in [1.54, 1.807) is 19.1 Å². The monoisotopic (exact) mass is 294 g/mol. The Kier molecular flexibility index (Phi) is 3.82. The number of ether oxygens (including phenoxy) is 1. The molecule has 0 heterocycles. The lowest BCUT2D eigenvalue weighted by Crippen LogP contribution is -2.57. The third-order valence-corrected chi connectivity index (χ3v) is 5.21. The van der Waals surface area contributed by atoms with Crippen LogP contribution in [0.4, 0.5) is 0 Å². The van der Waals surface area contributed by atoms with Gasteiger partial charge < -0.3 is 9.84 Å². The highest BCUT2D eigenvalue weighted by Crippen LogP contribution is 2.50. The summed E-state index contributed by atoms with van der Waals surface area (Å²) < 4.78 is 4.60. The van der Waals surface area contributed by atoms with Crippen molar-refractivity contribution in [2.24, 2.45) is 23.2 Å². The zero-order chi connectivity index (χ0) is 16.0. The first-order valence-electron chi connectivity index (χ1n) is 7.23. The van der Waals surface area contributed by atoms with Crippen LogP contribution in [0, 0.1) is 23.2 Å². The van der Waals surface area contributed by atoms with Crippen LogP contribution in [-0.4, -0.2) is 35.4 Å². The summed E-state index contributed by atoms with van der Waals surface area (Å²) in [4.78, 5) is 36.8. The van der Waals surface area contributed by atoms with Gasteiger partial charge in [-0.3, -0.25) is 9.59 Å². The summed E-state index contributed by atoms with van der Waals surface area (Å²) in [6.07, 6.45) is 4.07. The van der Waals surface area contributed by atoms with Crippen molar-refractivity contribution in [3.63, 3.8) is 0 Å². The third-order valence-electron chi connectivity index (χ3n) is 5.21. The Hall–Kier alpha value is -1.49. The molecule has 0 amide bonds. The minimum Gasteiger partial charge on any atom is -0.467 e. The lowest BCUT2D eigenvalue weighted by atomic mass is 9.54. The van der Waals surface area contributed by atoms with Crippen LogP contribution in [0.15, 0.2) is 12.2 Å². The van der Waals surface area contributed by atoms with Gasteiger partial charge in [0.2, 0.25) is 0 Å². The number of methoxy groups -OCH3 is 1. The normalized spacial score (nSPS) is 38.6. The Morgan fingerprint density at radius 1 is 1.48 bits per heavy atom. The van der Waals surface area contributed by atoms with Gasteiger partial charge in [-0.1, -0.05) is 19.9 Å². The molecule has 0 aromatic carbocycles. The molecule has 1 saturated carbocycles. The Morgan fingerprint density at radius 2 is 2.10 bits per heavy atom. The Morgan fingerprint density at radius 3 is 2.67 bits per heavy atom. The van der Waals surface area contributed by atoms with Crippen LogP contribution in [0.3, 0.4) is 0 Å². The van der Waals surface area contributed by atoms with E-state index in [4.69, 9.17) is 0 Å². The molecule has 2 aliphatic rings. The van der Waals surface area contributed by atoms with Crippen LogP contribution < -0.4 is 0 Å². The average molecular weight is 294 g/mol. The van der Waals surface area contributed by atoms with Crippen LogP contribution in [0.5, 0.6) is 0 Å². The maximum atomic E-state index is 12.8. The Bertz CT molecular complexity index is 519. The van der Waals surface area contributed by atoms with Gasteiger partial charge in [-0.2, -0.15) is 0 Å². The molecule has 0 spiro atoms. The van der Waals surface area contributed by atoms with Gasteiger partial charge in [-0.05, 0) is 31.8 Å². The molecule has 0 bridgehead atoms. The molecule has 5 heteroatoms. The zero-order valence-electron chi connectivity index (χ0n) is 12.9. The van der Waals surface area contributed by atoms with E-state index in [1.165, 1.54) is 14.0 Å². The van der Waals surface area contributed by atoms with Crippen molar-refractivity contribution in [3.8, 4) is 0 Å². The van der Waals surface area contributed by atoms with Crippen LogP contribution in [0.2, 0.25) is 0 Å². The first kappa shape index (κ1) is 15.9. The van der Waals surface area contributed by atoms with E-state index in [9.17, 15) is 19.5 Å². The van der Waals surface area contributed by atoms with Gasteiger partial charge in [0.15, 0.2) is 11.4 Å². The summed E-state index contributed by atoms with van der Waals surface area (Å²) in [7, 11) is 1.18. The molecule has 2 rings (SSSR count). The van der Waals surface area contributed by atoms with Gasteiger partial charge in [-0.25, -0.2) is 4.79 Å². The fourth-order valence-corrected chi connectivity index (χ4v) is 3.84. The summed E-state index contributed by atoms with van der Waals surface area (Å²) in [5.74, 6) is -2.49. The molecule has 0 unspecified atom stereocenters. The van der Waals surface area contributed by atoms with Gasteiger partial charge >= 0.3 is 5.97 Å². The van der Waals surface area contributed by atoms with Gasteiger partial charge in [0.05, 0.1) is 13.0 Å². The largest absolute Gasteiger partial charge is 0.467 e. The number of Topliss-reactive ketones (excluding diaryl/α,β-unsaturated/α-hetero) is 1. The average Bonchev–Trinajstić information content (AvgIpc) is 2.42. The highest BCUT2D eigenvalue weighted by atomic mass is 16.5. The van der Waals surface area contributed by atoms with Crippen molar-refractivity contribution in [2.75, 3.05) is 7.11 Å². The van der Waals surface area contributed by atoms with E-state index >= 15 is 0 Å².